The zero-order valence-corrected chi connectivity index (χ0v) is 59.7. The van der Waals surface area contributed by atoms with Gasteiger partial charge in [-0.05, 0) is 103 Å². The molecule has 0 N–H and O–H groups in total. The summed E-state index contributed by atoms with van der Waals surface area (Å²) in [4.78, 5) is 16.1. The van der Waals surface area contributed by atoms with Crippen LogP contribution in [0.3, 0.4) is 0 Å². The van der Waals surface area contributed by atoms with Gasteiger partial charge in [-0.1, -0.05) is 135 Å². The molecule has 7 aromatic carbocycles. The first-order valence-electron chi connectivity index (χ1n) is 33.2. The van der Waals surface area contributed by atoms with Crippen LogP contribution in [0.2, 0.25) is 15.1 Å². The number of carbonyl (C=O) groups is 1. The molecule has 24 nitrogen and oxygen atoms in total. The number of halogens is 3. The molecule has 0 aliphatic rings. The number of ether oxygens (including phenoxy) is 6. The van der Waals surface area contributed by atoms with E-state index < -0.39 is 20.0 Å². The number of benzene rings is 7. The van der Waals surface area contributed by atoms with Crippen LogP contribution in [0.4, 0.5) is 0 Å². The number of rotatable bonds is 37. The van der Waals surface area contributed by atoms with E-state index in [9.17, 15) is 21.6 Å². The second-order valence-electron chi connectivity index (χ2n) is 24.2. The summed E-state index contributed by atoms with van der Waals surface area (Å²) in [5, 5.41) is 31.2. The van der Waals surface area contributed by atoms with Crippen molar-refractivity contribution in [1.82, 2.24) is 62.4 Å². The maximum absolute atomic E-state index is 13.7. The number of hydrogen-bond acceptors (Lipinski definition) is 18. The van der Waals surface area contributed by atoms with E-state index >= 15 is 0 Å². The molecular weight excluding hydrogens is 1420 g/mol. The monoisotopic (exact) mass is 1490 g/mol. The lowest BCUT2D eigenvalue weighted by Gasteiger charge is -2.29. The molecule has 13 rings (SSSR count). The standard InChI is InChI=1S/C74H72Cl3N13O11S2/c75-59-21-24-70-66(40-59)56(43-88(70)74(91)55-15-7-2-8-16-55)51-99-36-33-98-32-29-87-50-69(80-83-87)73(39-54-13-5-1-6-14-54)84(46-62-48-85(81-78-62)27-30-96-34-37-100-52-57-44-89(71-25-22-60(76)41-67(57)71)102(92,93)64-17-9-3-10-18-64)47-63-49-86(82-79-63)28-31-97-35-38-101-53-58-45-90(72-26-23-61(77)42-68(58)72)103(94,95)65-19-11-4-12-20-65/h1-26,40-45,48-50,73H,27-39,46-47,51-53H2. The minimum atomic E-state index is -3.89. The zero-order chi connectivity index (χ0) is 71.1. The molecule has 0 aliphatic carbocycles. The Bertz CT molecular complexity index is 5030. The van der Waals surface area contributed by atoms with Gasteiger partial charge in [0.1, 0.15) is 5.69 Å². The molecule has 0 aliphatic heterocycles. The highest BCUT2D eigenvalue weighted by Gasteiger charge is 2.28. The highest BCUT2D eigenvalue weighted by Crippen LogP contribution is 2.33. The van der Waals surface area contributed by atoms with Gasteiger partial charge in [-0.25, -0.2) is 38.8 Å². The average Bonchev–Trinajstić information content (AvgIpc) is 1.63. The van der Waals surface area contributed by atoms with Crippen molar-refractivity contribution in [3.05, 3.63) is 273 Å². The number of aromatic nitrogens is 12. The van der Waals surface area contributed by atoms with E-state index in [4.69, 9.17) is 68.3 Å². The third-order valence-corrected chi connectivity index (χ3v) is 21.2. The maximum atomic E-state index is 13.7. The van der Waals surface area contributed by atoms with E-state index in [0.29, 0.717) is 143 Å². The van der Waals surface area contributed by atoms with Gasteiger partial charge in [-0.2, -0.15) is 0 Å². The van der Waals surface area contributed by atoms with Crippen molar-refractivity contribution < 1.29 is 50.1 Å². The molecule has 6 aromatic heterocycles. The first kappa shape index (κ1) is 72.1. The van der Waals surface area contributed by atoms with Crippen molar-refractivity contribution in [1.29, 1.82) is 0 Å². The Labute approximate surface area is 609 Å². The van der Waals surface area contributed by atoms with Gasteiger partial charge in [0.05, 0.1) is 149 Å². The highest BCUT2D eigenvalue weighted by atomic mass is 35.5. The van der Waals surface area contributed by atoms with Crippen LogP contribution in [0.15, 0.2) is 223 Å². The second-order valence-corrected chi connectivity index (χ2v) is 29.1. The first-order valence-corrected chi connectivity index (χ1v) is 37.3. The summed E-state index contributed by atoms with van der Waals surface area (Å²) in [6.45, 7) is 4.95. The smallest absolute Gasteiger partial charge is 0.268 e. The molecule has 1 unspecified atom stereocenters. The molecule has 0 amide bonds. The van der Waals surface area contributed by atoms with Crippen molar-refractivity contribution >= 4 is 93.5 Å². The highest BCUT2D eigenvalue weighted by molar-refractivity contribution is 7.90. The van der Waals surface area contributed by atoms with E-state index in [1.54, 1.807) is 152 Å². The normalized spacial score (nSPS) is 12.4. The molecule has 0 saturated carbocycles. The van der Waals surface area contributed by atoms with Crippen LogP contribution < -0.4 is 0 Å². The van der Waals surface area contributed by atoms with Gasteiger partial charge in [0.15, 0.2) is 0 Å². The second kappa shape index (κ2) is 33.9. The van der Waals surface area contributed by atoms with E-state index in [1.165, 1.54) is 7.94 Å². The quantitative estimate of drug-likeness (QED) is 0.0328. The Hall–Kier alpha value is -9.26. The largest absolute Gasteiger partial charge is 0.377 e. The summed E-state index contributed by atoms with van der Waals surface area (Å²) in [5.41, 5.74) is 7.60. The molecule has 0 fully saturated rings. The summed E-state index contributed by atoms with van der Waals surface area (Å²) in [7, 11) is -7.77. The van der Waals surface area contributed by atoms with Crippen LogP contribution in [-0.2, 0) is 107 Å². The number of fused-ring (bicyclic) bond motifs is 3. The van der Waals surface area contributed by atoms with Crippen LogP contribution in [-0.4, -0.2) is 145 Å². The molecule has 103 heavy (non-hydrogen) atoms. The Balaban J connectivity index is 0.636. The zero-order valence-electron chi connectivity index (χ0n) is 55.8. The molecule has 0 bridgehead atoms. The van der Waals surface area contributed by atoms with Crippen molar-refractivity contribution in [2.24, 2.45) is 0 Å². The minimum Gasteiger partial charge on any atom is -0.377 e. The van der Waals surface area contributed by atoms with Crippen LogP contribution in [0.25, 0.3) is 32.7 Å². The van der Waals surface area contributed by atoms with Gasteiger partial charge >= 0.3 is 0 Å². The lowest BCUT2D eigenvalue weighted by Crippen LogP contribution is -2.30. The topological polar surface area (TPSA) is 251 Å². The van der Waals surface area contributed by atoms with E-state index in [0.717, 1.165) is 22.0 Å². The Morgan fingerprint density at radius 1 is 0.417 bits per heavy atom. The van der Waals surface area contributed by atoms with Gasteiger partial charge in [0.25, 0.3) is 26.0 Å². The summed E-state index contributed by atoms with van der Waals surface area (Å²) < 4.78 is 100. The van der Waals surface area contributed by atoms with Gasteiger partial charge < -0.3 is 28.4 Å². The summed E-state index contributed by atoms with van der Waals surface area (Å²) in [6.07, 6.45) is 11.2. The summed E-state index contributed by atoms with van der Waals surface area (Å²) in [5.74, 6) is -0.151. The number of hydrogen-bond donors (Lipinski definition) is 0. The fourth-order valence-electron chi connectivity index (χ4n) is 12.0. The molecule has 0 radical (unpaired) electrons. The van der Waals surface area contributed by atoms with Crippen molar-refractivity contribution in [2.75, 3.05) is 59.5 Å². The van der Waals surface area contributed by atoms with E-state index in [2.05, 4.69) is 42.9 Å². The lowest BCUT2D eigenvalue weighted by molar-refractivity contribution is 0.0373. The Kier molecular flexibility index (Phi) is 23.7. The fraction of sp³-hybridized carbons (Fsp3) is 0.257. The molecule has 1 atom stereocenters. The van der Waals surface area contributed by atoms with Crippen LogP contribution in [0, 0.1) is 0 Å². The van der Waals surface area contributed by atoms with Crippen LogP contribution >= 0.6 is 34.8 Å². The average molecular weight is 1490 g/mol. The Morgan fingerprint density at radius 2 is 0.806 bits per heavy atom. The maximum Gasteiger partial charge on any atom is 0.268 e. The third-order valence-electron chi connectivity index (χ3n) is 17.1. The van der Waals surface area contributed by atoms with Gasteiger partial charge in [0, 0.05) is 97.6 Å². The first-order chi connectivity index (χ1) is 50.2. The van der Waals surface area contributed by atoms with Gasteiger partial charge in [0.2, 0.25) is 0 Å². The summed E-state index contributed by atoms with van der Waals surface area (Å²) in [6, 6.07) is 51.1. The summed E-state index contributed by atoms with van der Waals surface area (Å²) >= 11 is 19.2. The molecule has 13 aromatic rings. The van der Waals surface area contributed by atoms with Crippen molar-refractivity contribution in [2.45, 2.75) is 74.8 Å². The minimum absolute atomic E-state index is 0.131. The van der Waals surface area contributed by atoms with E-state index in [-0.39, 0.29) is 68.0 Å². The molecule has 0 spiro atoms. The van der Waals surface area contributed by atoms with Crippen LogP contribution in [0.1, 0.15) is 55.7 Å². The molecular formula is C74H72Cl3N13O11S2. The van der Waals surface area contributed by atoms with Gasteiger partial charge in [-0.15, -0.1) is 15.3 Å². The third kappa shape index (κ3) is 17.9. The number of nitrogens with zero attached hydrogens (tertiary/aromatic N) is 13. The van der Waals surface area contributed by atoms with Crippen LogP contribution in [0.5, 0.6) is 0 Å². The van der Waals surface area contributed by atoms with Crippen molar-refractivity contribution in [3.8, 4) is 0 Å². The number of carbonyl (C=O) groups excluding carboxylic acids is 1. The molecule has 532 valence electrons. The van der Waals surface area contributed by atoms with E-state index in [1.807, 2.05) is 67.1 Å². The Morgan fingerprint density at radius 3 is 1.27 bits per heavy atom. The predicted octanol–water partition coefficient (Wildman–Crippen LogP) is 12.1. The lowest BCUT2D eigenvalue weighted by atomic mass is 10.0. The molecule has 0 saturated heterocycles. The van der Waals surface area contributed by atoms with Gasteiger partial charge in [-0.3, -0.25) is 14.3 Å². The SMILES string of the molecule is O=C(c1ccccc1)n1cc(COCCOCCn2cc(C(Cc3ccccc3)N(Cc3cn(CCOCCOCc4cn(S(=O)(=O)c5ccccc5)c5ccc(Cl)cc45)nn3)Cc3cn(CCOCCOCc4cn(S(=O)(=O)c5ccccc5)c5ccc(Cl)cc45)nn3)nn2)c2cc(Cl)ccc21. The molecule has 29 heteroatoms. The van der Waals surface area contributed by atoms with Crippen molar-refractivity contribution in [3.63, 3.8) is 0 Å². The fourth-order valence-corrected chi connectivity index (χ4v) is 15.4. The molecule has 6 heterocycles. The predicted molar refractivity (Wildman–Crippen MR) is 389 cm³/mol.